The van der Waals surface area contributed by atoms with E-state index in [0.29, 0.717) is 35.2 Å². The minimum Gasteiger partial charge on any atom is -0.493 e. The third-order valence-electron chi connectivity index (χ3n) is 5.55. The summed E-state index contributed by atoms with van der Waals surface area (Å²) in [5.41, 5.74) is 2.40. The largest absolute Gasteiger partial charge is 0.493 e. The van der Waals surface area contributed by atoms with Crippen molar-refractivity contribution in [1.82, 2.24) is 0 Å². The minimum atomic E-state index is -0.437. The molecule has 146 valence electrons. The monoisotopic (exact) mass is 400 g/mol. The number of thioether (sulfide) groups is 1. The predicted octanol–water partition coefficient (Wildman–Crippen LogP) is 3.45. The molecule has 0 bridgehead atoms. The van der Waals surface area contributed by atoms with Crippen LogP contribution >= 0.6 is 11.8 Å². The number of hydrogen-bond donors (Lipinski definition) is 0. The SMILES string of the molecule is COc1cc2c(cc1OC)[C@@H]1C(=O)c3ccc4c(c3O[C@@H]1CO2)C[C@H](SC)O4. The summed E-state index contributed by atoms with van der Waals surface area (Å²) in [5.74, 6) is 2.81. The molecule has 2 aromatic rings. The fourth-order valence-corrected chi connectivity index (χ4v) is 4.70. The highest BCUT2D eigenvalue weighted by Gasteiger charge is 2.45. The molecule has 7 heteroatoms. The molecule has 0 unspecified atom stereocenters. The number of carbonyl (C=O) groups excluding carboxylic acids is 1. The lowest BCUT2D eigenvalue weighted by Crippen LogP contribution is -2.43. The molecule has 6 nitrogen and oxygen atoms in total. The van der Waals surface area contributed by atoms with Crippen molar-refractivity contribution < 1.29 is 28.5 Å². The average Bonchev–Trinajstić information content (AvgIpc) is 3.16. The topological polar surface area (TPSA) is 63.2 Å². The van der Waals surface area contributed by atoms with Crippen molar-refractivity contribution in [3.05, 3.63) is 41.0 Å². The summed E-state index contributed by atoms with van der Waals surface area (Å²) < 4.78 is 28.9. The number of ether oxygens (including phenoxy) is 5. The van der Waals surface area contributed by atoms with Gasteiger partial charge in [0.05, 0.1) is 25.7 Å². The van der Waals surface area contributed by atoms with Gasteiger partial charge in [0.2, 0.25) is 0 Å². The Morgan fingerprint density at radius 2 is 1.86 bits per heavy atom. The van der Waals surface area contributed by atoms with E-state index in [1.807, 2.05) is 24.5 Å². The first kappa shape index (κ1) is 17.6. The normalized spacial score (nSPS) is 24.0. The Morgan fingerprint density at radius 1 is 1.07 bits per heavy atom. The van der Waals surface area contributed by atoms with Crippen molar-refractivity contribution in [2.75, 3.05) is 27.1 Å². The Labute approximate surface area is 167 Å². The van der Waals surface area contributed by atoms with Gasteiger partial charge in [-0.25, -0.2) is 0 Å². The van der Waals surface area contributed by atoms with Crippen LogP contribution in [-0.2, 0) is 6.42 Å². The maximum Gasteiger partial charge on any atom is 0.178 e. The van der Waals surface area contributed by atoms with Crippen LogP contribution < -0.4 is 23.7 Å². The quantitative estimate of drug-likeness (QED) is 0.782. The molecule has 0 amide bonds. The number of methoxy groups -OCH3 is 2. The summed E-state index contributed by atoms with van der Waals surface area (Å²) in [6.07, 6.45) is 2.36. The molecule has 0 spiro atoms. The zero-order valence-electron chi connectivity index (χ0n) is 15.8. The molecular formula is C21H20O6S. The first-order valence-corrected chi connectivity index (χ1v) is 10.4. The molecule has 0 fully saturated rings. The van der Waals surface area contributed by atoms with Crippen LogP contribution in [0.2, 0.25) is 0 Å². The third-order valence-corrected chi connectivity index (χ3v) is 6.34. The molecule has 0 aliphatic carbocycles. The van der Waals surface area contributed by atoms with Gasteiger partial charge in [-0.3, -0.25) is 4.79 Å². The number of benzene rings is 2. The Balaban J connectivity index is 1.59. The molecule has 0 saturated carbocycles. The molecule has 3 atom stereocenters. The number of fused-ring (bicyclic) bond motifs is 6. The van der Waals surface area contributed by atoms with Crippen LogP contribution in [0.4, 0.5) is 0 Å². The van der Waals surface area contributed by atoms with Crippen LogP contribution in [-0.4, -0.2) is 44.4 Å². The lowest BCUT2D eigenvalue weighted by Gasteiger charge is -2.37. The Morgan fingerprint density at radius 3 is 2.61 bits per heavy atom. The summed E-state index contributed by atoms with van der Waals surface area (Å²) >= 11 is 1.65. The molecule has 0 radical (unpaired) electrons. The molecule has 28 heavy (non-hydrogen) atoms. The predicted molar refractivity (Wildman–Crippen MR) is 105 cm³/mol. The Kier molecular flexibility index (Phi) is 4.08. The van der Waals surface area contributed by atoms with E-state index < -0.39 is 5.92 Å². The van der Waals surface area contributed by atoms with Gasteiger partial charge in [-0.05, 0) is 24.5 Å². The van der Waals surface area contributed by atoms with E-state index in [1.165, 1.54) is 0 Å². The van der Waals surface area contributed by atoms with Gasteiger partial charge in [0.25, 0.3) is 0 Å². The molecule has 5 rings (SSSR count). The van der Waals surface area contributed by atoms with Crippen molar-refractivity contribution in [2.45, 2.75) is 23.9 Å². The van der Waals surface area contributed by atoms with E-state index in [0.717, 1.165) is 23.3 Å². The van der Waals surface area contributed by atoms with Crippen LogP contribution in [0.3, 0.4) is 0 Å². The molecule has 3 aliphatic heterocycles. The lowest BCUT2D eigenvalue weighted by atomic mass is 9.81. The van der Waals surface area contributed by atoms with E-state index in [-0.39, 0.29) is 17.3 Å². The van der Waals surface area contributed by atoms with Crippen LogP contribution in [0, 0.1) is 0 Å². The molecule has 3 heterocycles. The first-order valence-electron chi connectivity index (χ1n) is 9.09. The summed E-state index contributed by atoms with van der Waals surface area (Å²) in [5, 5.41) is 0. The van der Waals surface area contributed by atoms with Gasteiger partial charge < -0.3 is 23.7 Å². The van der Waals surface area contributed by atoms with E-state index in [4.69, 9.17) is 23.7 Å². The highest BCUT2D eigenvalue weighted by molar-refractivity contribution is 7.99. The zero-order chi connectivity index (χ0) is 19.4. The third kappa shape index (κ3) is 2.45. The molecule has 2 aromatic carbocycles. The average molecular weight is 400 g/mol. The van der Waals surface area contributed by atoms with E-state index in [9.17, 15) is 4.79 Å². The second kappa shape index (κ2) is 6.51. The fraction of sp³-hybridized carbons (Fsp3) is 0.381. The van der Waals surface area contributed by atoms with Gasteiger partial charge in [-0.15, -0.1) is 11.8 Å². The maximum absolute atomic E-state index is 13.5. The van der Waals surface area contributed by atoms with Crippen LogP contribution in [0.25, 0.3) is 0 Å². The van der Waals surface area contributed by atoms with Gasteiger partial charge in [-0.2, -0.15) is 0 Å². The zero-order valence-corrected chi connectivity index (χ0v) is 16.6. The van der Waals surface area contributed by atoms with Crippen molar-refractivity contribution >= 4 is 17.5 Å². The van der Waals surface area contributed by atoms with Crippen molar-refractivity contribution in [3.63, 3.8) is 0 Å². The lowest BCUT2D eigenvalue weighted by molar-refractivity contribution is 0.0554. The van der Waals surface area contributed by atoms with Crippen LogP contribution in [0.1, 0.15) is 27.4 Å². The molecular weight excluding hydrogens is 380 g/mol. The smallest absolute Gasteiger partial charge is 0.178 e. The second-order valence-corrected chi connectivity index (χ2v) is 7.96. The standard InChI is InChI=1S/C21H20O6S/c1-23-15-6-11-14(8-16(15)24-2)25-9-17-19(11)20(22)10-4-5-13-12(21(10)27-17)7-18(26-13)28-3/h4-6,8,17-19H,7,9H2,1-3H3/t17-,18+,19+/m1/s1. The number of Topliss-reactive ketones (excluding diaryl/α,β-unsaturated/α-hetero) is 1. The van der Waals surface area contributed by atoms with E-state index in [2.05, 4.69) is 0 Å². The molecule has 3 aliphatic rings. The van der Waals surface area contributed by atoms with Gasteiger partial charge in [-0.1, -0.05) is 0 Å². The molecule has 0 aromatic heterocycles. The number of hydrogen-bond acceptors (Lipinski definition) is 7. The van der Waals surface area contributed by atoms with Crippen molar-refractivity contribution in [1.29, 1.82) is 0 Å². The number of rotatable bonds is 3. The van der Waals surface area contributed by atoms with E-state index in [1.54, 1.807) is 32.0 Å². The molecule has 0 saturated heterocycles. The first-order chi connectivity index (χ1) is 13.6. The Bertz CT molecular complexity index is 972. The van der Waals surface area contributed by atoms with Gasteiger partial charge >= 0.3 is 0 Å². The molecule has 0 N–H and O–H groups in total. The minimum absolute atomic E-state index is 0.0402. The summed E-state index contributed by atoms with van der Waals surface area (Å²) in [4.78, 5) is 13.5. The van der Waals surface area contributed by atoms with Crippen molar-refractivity contribution in [2.24, 2.45) is 0 Å². The Hall–Kier alpha value is -2.54. The fourth-order valence-electron chi connectivity index (χ4n) is 4.17. The highest BCUT2D eigenvalue weighted by atomic mass is 32.2. The highest BCUT2D eigenvalue weighted by Crippen LogP contribution is 2.50. The second-order valence-electron chi connectivity index (χ2n) is 6.96. The van der Waals surface area contributed by atoms with Crippen molar-refractivity contribution in [3.8, 4) is 28.7 Å². The van der Waals surface area contributed by atoms with Gasteiger partial charge in [0.15, 0.2) is 17.3 Å². The summed E-state index contributed by atoms with van der Waals surface area (Å²) in [6.45, 7) is 0.300. The van der Waals surface area contributed by atoms with Gasteiger partial charge in [0.1, 0.15) is 35.4 Å². The summed E-state index contributed by atoms with van der Waals surface area (Å²) in [6, 6.07) is 7.27. The van der Waals surface area contributed by atoms with Crippen LogP contribution in [0.5, 0.6) is 28.7 Å². The van der Waals surface area contributed by atoms with E-state index >= 15 is 0 Å². The number of ketones is 1. The van der Waals surface area contributed by atoms with Gasteiger partial charge in [0, 0.05) is 23.6 Å². The maximum atomic E-state index is 13.5. The van der Waals surface area contributed by atoms with Crippen LogP contribution in [0.15, 0.2) is 24.3 Å². The number of carbonyl (C=O) groups is 1. The summed E-state index contributed by atoms with van der Waals surface area (Å²) in [7, 11) is 3.15.